The standard InChI is InChI=1S/C22H27N5.HI/c1-18-4-6-19(7-5-18)12-15-24-22(23-2)25-16-13-20-8-10-21(11-9-20)27-17-3-14-26-27;/h3-11,14,17H,12-13,15-16H2,1-2H3,(H2,23,24,25);1H. The van der Waals surface area contributed by atoms with Crippen LogP contribution in [0.5, 0.6) is 0 Å². The maximum Gasteiger partial charge on any atom is 0.190 e. The van der Waals surface area contributed by atoms with Crippen LogP contribution in [0, 0.1) is 6.92 Å². The molecule has 1 aromatic heterocycles. The predicted molar refractivity (Wildman–Crippen MR) is 127 cm³/mol. The molecule has 0 bridgehead atoms. The van der Waals surface area contributed by atoms with Crippen molar-refractivity contribution >= 4 is 29.9 Å². The molecule has 0 amide bonds. The number of aryl methyl sites for hydroxylation is 1. The number of halogens is 1. The average Bonchev–Trinajstić information content (AvgIpc) is 3.23. The van der Waals surface area contributed by atoms with Crippen molar-refractivity contribution in [1.82, 2.24) is 20.4 Å². The van der Waals surface area contributed by atoms with Gasteiger partial charge in [-0.2, -0.15) is 5.10 Å². The number of hydrogen-bond donors (Lipinski definition) is 2. The van der Waals surface area contributed by atoms with Gasteiger partial charge in [0.15, 0.2) is 5.96 Å². The monoisotopic (exact) mass is 489 g/mol. The minimum Gasteiger partial charge on any atom is -0.356 e. The maximum absolute atomic E-state index is 4.30. The first-order chi connectivity index (χ1) is 13.2. The lowest BCUT2D eigenvalue weighted by atomic mass is 10.1. The number of guanidine groups is 1. The van der Waals surface area contributed by atoms with E-state index in [-0.39, 0.29) is 24.0 Å². The van der Waals surface area contributed by atoms with E-state index in [4.69, 9.17) is 0 Å². The molecule has 0 unspecified atom stereocenters. The maximum atomic E-state index is 4.30. The number of nitrogens with zero attached hydrogens (tertiary/aromatic N) is 3. The van der Waals surface area contributed by atoms with Crippen LogP contribution in [0.25, 0.3) is 5.69 Å². The van der Waals surface area contributed by atoms with Gasteiger partial charge in [-0.25, -0.2) is 4.68 Å². The van der Waals surface area contributed by atoms with Gasteiger partial charge in [0.2, 0.25) is 0 Å². The molecular weight excluding hydrogens is 461 g/mol. The molecule has 0 saturated carbocycles. The highest BCUT2D eigenvalue weighted by molar-refractivity contribution is 14.0. The van der Waals surface area contributed by atoms with Crippen LogP contribution in [0.15, 0.2) is 72.0 Å². The number of aromatic nitrogens is 2. The molecule has 5 nitrogen and oxygen atoms in total. The molecule has 0 aliphatic rings. The Kier molecular flexibility index (Phi) is 9.00. The molecule has 0 fully saturated rings. The van der Waals surface area contributed by atoms with Gasteiger partial charge in [-0.15, -0.1) is 24.0 Å². The van der Waals surface area contributed by atoms with E-state index in [0.29, 0.717) is 0 Å². The van der Waals surface area contributed by atoms with Gasteiger partial charge in [0, 0.05) is 32.5 Å². The first-order valence-corrected chi connectivity index (χ1v) is 9.33. The van der Waals surface area contributed by atoms with Gasteiger partial charge in [-0.05, 0) is 49.1 Å². The Morgan fingerprint density at radius 3 is 2.00 bits per heavy atom. The molecule has 0 aliphatic heterocycles. The lowest BCUT2D eigenvalue weighted by Gasteiger charge is -2.12. The van der Waals surface area contributed by atoms with Crippen LogP contribution in [-0.4, -0.2) is 35.9 Å². The Balaban J connectivity index is 0.00000280. The minimum atomic E-state index is 0. The molecule has 2 N–H and O–H groups in total. The van der Waals surface area contributed by atoms with Crippen LogP contribution in [0.1, 0.15) is 16.7 Å². The molecule has 0 radical (unpaired) electrons. The van der Waals surface area contributed by atoms with Crippen molar-refractivity contribution in [2.24, 2.45) is 4.99 Å². The van der Waals surface area contributed by atoms with Gasteiger partial charge in [0.25, 0.3) is 0 Å². The van der Waals surface area contributed by atoms with Gasteiger partial charge in [-0.3, -0.25) is 4.99 Å². The van der Waals surface area contributed by atoms with E-state index in [1.807, 2.05) is 16.9 Å². The topological polar surface area (TPSA) is 54.2 Å². The van der Waals surface area contributed by atoms with E-state index >= 15 is 0 Å². The number of hydrogen-bond acceptors (Lipinski definition) is 2. The zero-order valence-corrected chi connectivity index (χ0v) is 18.8. The van der Waals surface area contributed by atoms with E-state index in [9.17, 15) is 0 Å². The first kappa shape index (κ1) is 21.9. The second kappa shape index (κ2) is 11.5. The summed E-state index contributed by atoms with van der Waals surface area (Å²) in [6.07, 6.45) is 5.66. The van der Waals surface area contributed by atoms with E-state index < -0.39 is 0 Å². The molecule has 1 heterocycles. The molecule has 28 heavy (non-hydrogen) atoms. The third kappa shape index (κ3) is 6.67. The van der Waals surface area contributed by atoms with E-state index in [1.165, 1.54) is 16.7 Å². The van der Waals surface area contributed by atoms with Crippen molar-refractivity contribution in [1.29, 1.82) is 0 Å². The Morgan fingerprint density at radius 2 is 1.50 bits per heavy atom. The first-order valence-electron chi connectivity index (χ1n) is 9.33. The van der Waals surface area contributed by atoms with Gasteiger partial charge in [-0.1, -0.05) is 42.0 Å². The second-order valence-corrected chi connectivity index (χ2v) is 6.53. The summed E-state index contributed by atoms with van der Waals surface area (Å²) in [5.74, 6) is 0.843. The summed E-state index contributed by atoms with van der Waals surface area (Å²) in [6, 6.07) is 19.1. The quantitative estimate of drug-likeness (QED) is 0.302. The zero-order valence-electron chi connectivity index (χ0n) is 16.4. The van der Waals surface area contributed by atoms with Crippen LogP contribution in [0.3, 0.4) is 0 Å². The van der Waals surface area contributed by atoms with Crippen molar-refractivity contribution < 1.29 is 0 Å². The lowest BCUT2D eigenvalue weighted by molar-refractivity contribution is 0.783. The van der Waals surface area contributed by atoms with Crippen molar-refractivity contribution in [3.05, 3.63) is 83.7 Å². The highest BCUT2D eigenvalue weighted by Crippen LogP contribution is 2.08. The molecule has 0 spiro atoms. The molecule has 0 atom stereocenters. The zero-order chi connectivity index (χ0) is 18.9. The third-order valence-electron chi connectivity index (χ3n) is 4.46. The summed E-state index contributed by atoms with van der Waals surface area (Å²) in [4.78, 5) is 4.30. The molecular formula is C22H28IN5. The molecule has 3 aromatic rings. The van der Waals surface area contributed by atoms with Gasteiger partial charge >= 0.3 is 0 Å². The summed E-state index contributed by atoms with van der Waals surface area (Å²) in [7, 11) is 1.81. The molecule has 2 aromatic carbocycles. The highest BCUT2D eigenvalue weighted by Gasteiger charge is 2.00. The normalized spacial score (nSPS) is 11.0. The minimum absolute atomic E-state index is 0. The summed E-state index contributed by atoms with van der Waals surface area (Å²) in [5, 5.41) is 11.0. The SMILES string of the molecule is CN=C(NCCc1ccc(C)cc1)NCCc1ccc(-n2cccn2)cc1.I. The Morgan fingerprint density at radius 1 is 0.929 bits per heavy atom. The fraction of sp³-hybridized carbons (Fsp3) is 0.273. The van der Waals surface area contributed by atoms with Gasteiger partial charge in [0.05, 0.1) is 5.69 Å². The Hall–Kier alpha value is -2.35. The lowest BCUT2D eigenvalue weighted by Crippen LogP contribution is -2.39. The summed E-state index contributed by atoms with van der Waals surface area (Å²) < 4.78 is 1.86. The van der Waals surface area contributed by atoms with Crippen molar-refractivity contribution in [2.45, 2.75) is 19.8 Å². The Bertz CT molecular complexity index is 840. The number of benzene rings is 2. The summed E-state index contributed by atoms with van der Waals surface area (Å²) in [6.45, 7) is 3.81. The van der Waals surface area contributed by atoms with Crippen molar-refractivity contribution in [3.63, 3.8) is 0 Å². The predicted octanol–water partition coefficient (Wildman–Crippen LogP) is 3.75. The van der Waals surface area contributed by atoms with E-state index in [1.54, 1.807) is 13.2 Å². The van der Waals surface area contributed by atoms with Crippen LogP contribution in [0.4, 0.5) is 0 Å². The average molecular weight is 489 g/mol. The van der Waals surface area contributed by atoms with Crippen LogP contribution in [0.2, 0.25) is 0 Å². The Labute approximate surface area is 184 Å². The fourth-order valence-electron chi connectivity index (χ4n) is 2.86. The molecule has 148 valence electrons. The molecule has 3 rings (SSSR count). The summed E-state index contributed by atoms with van der Waals surface area (Å²) in [5.41, 5.74) is 4.99. The van der Waals surface area contributed by atoms with E-state index in [0.717, 1.165) is 37.6 Å². The molecule has 6 heteroatoms. The third-order valence-corrected chi connectivity index (χ3v) is 4.46. The van der Waals surface area contributed by atoms with Gasteiger partial charge in [0.1, 0.15) is 0 Å². The number of aliphatic imine (C=N–C) groups is 1. The largest absolute Gasteiger partial charge is 0.356 e. The van der Waals surface area contributed by atoms with Crippen LogP contribution < -0.4 is 10.6 Å². The van der Waals surface area contributed by atoms with Crippen LogP contribution >= 0.6 is 24.0 Å². The molecule has 0 aliphatic carbocycles. The fourth-order valence-corrected chi connectivity index (χ4v) is 2.86. The molecule has 0 saturated heterocycles. The smallest absolute Gasteiger partial charge is 0.190 e. The second-order valence-electron chi connectivity index (χ2n) is 6.53. The van der Waals surface area contributed by atoms with Gasteiger partial charge < -0.3 is 10.6 Å². The number of nitrogens with one attached hydrogen (secondary N) is 2. The highest BCUT2D eigenvalue weighted by atomic mass is 127. The summed E-state index contributed by atoms with van der Waals surface area (Å²) >= 11 is 0. The van der Waals surface area contributed by atoms with Crippen LogP contribution in [-0.2, 0) is 12.8 Å². The van der Waals surface area contributed by atoms with Crippen molar-refractivity contribution in [2.75, 3.05) is 20.1 Å². The number of rotatable bonds is 7. The van der Waals surface area contributed by atoms with Crippen molar-refractivity contribution in [3.8, 4) is 5.69 Å². The van der Waals surface area contributed by atoms with E-state index in [2.05, 4.69) is 76.2 Å².